The minimum absolute atomic E-state index is 0.144. The highest BCUT2D eigenvalue weighted by Gasteiger charge is 2.25. The Morgan fingerprint density at radius 3 is 1.63 bits per heavy atom. The number of anilines is 6. The van der Waals surface area contributed by atoms with Crippen LogP contribution in [0.3, 0.4) is 0 Å². The highest BCUT2D eigenvalue weighted by molar-refractivity contribution is 6.36. The van der Waals surface area contributed by atoms with E-state index in [4.69, 9.17) is 31.0 Å². The van der Waals surface area contributed by atoms with Crippen LogP contribution in [0.15, 0.2) is 73.2 Å². The number of aromatic nitrogens is 5. The molecule has 0 aliphatic carbocycles. The summed E-state index contributed by atoms with van der Waals surface area (Å²) in [7, 11) is 0. The van der Waals surface area contributed by atoms with Crippen LogP contribution in [0.1, 0.15) is 11.1 Å². The molecule has 5 aromatic heterocycles. The second kappa shape index (κ2) is 20.9. The van der Waals surface area contributed by atoms with Crippen LogP contribution in [-0.4, -0.2) is 130 Å². The topological polar surface area (TPSA) is 132 Å². The molecule has 364 valence electrons. The molecule has 9 heterocycles. The second-order valence-electron chi connectivity index (χ2n) is 17.6. The smallest absolute Gasteiger partial charge is 0.152 e. The average Bonchev–Trinajstić information content (AvgIpc) is 3.39. The predicted octanol–water partition coefficient (Wildman–Crippen LogP) is 8.05. The SMILES string of the molecule is Cc1c(-c2ccnc(N3CCNCC3)c2)nc2cc(F)cc(F)c2c1Cl.Cc1c(-c2ccnc(N3CCNCC3)c2)nc2cc(F)cc(F)c2c1Nc1cc(N2CCOCC2)cnc1N1CCOCC1. The molecule has 4 aliphatic heterocycles. The molecule has 0 amide bonds. The lowest BCUT2D eigenvalue weighted by Crippen LogP contribution is -2.43. The number of nitrogens with one attached hydrogen (secondary N) is 3. The van der Waals surface area contributed by atoms with Gasteiger partial charge in [0.15, 0.2) is 5.82 Å². The maximum Gasteiger partial charge on any atom is 0.152 e. The molecule has 3 N–H and O–H groups in total. The van der Waals surface area contributed by atoms with Crippen molar-refractivity contribution in [3.05, 3.63) is 113 Å². The normalized spacial score (nSPS) is 16.7. The first-order valence-electron chi connectivity index (χ1n) is 23.6. The molecule has 0 saturated carbocycles. The van der Waals surface area contributed by atoms with Gasteiger partial charge >= 0.3 is 0 Å². The summed E-state index contributed by atoms with van der Waals surface area (Å²) < 4.78 is 69.2. The van der Waals surface area contributed by atoms with E-state index in [-0.39, 0.29) is 26.8 Å². The maximum absolute atomic E-state index is 15.6. The van der Waals surface area contributed by atoms with Crippen molar-refractivity contribution in [3.63, 3.8) is 0 Å². The van der Waals surface area contributed by atoms with Crippen molar-refractivity contribution in [2.45, 2.75) is 13.8 Å². The summed E-state index contributed by atoms with van der Waals surface area (Å²) in [5, 5.41) is 10.9. The van der Waals surface area contributed by atoms with Crippen LogP contribution in [0.2, 0.25) is 5.02 Å². The van der Waals surface area contributed by atoms with Gasteiger partial charge in [0.05, 0.1) is 87.9 Å². The van der Waals surface area contributed by atoms with Crippen molar-refractivity contribution in [2.75, 3.05) is 130 Å². The van der Waals surface area contributed by atoms with Crippen LogP contribution in [0.25, 0.3) is 44.3 Å². The number of pyridine rings is 5. The van der Waals surface area contributed by atoms with Gasteiger partial charge in [-0.2, -0.15) is 0 Å². The summed E-state index contributed by atoms with van der Waals surface area (Å²) in [6.45, 7) is 16.1. The lowest BCUT2D eigenvalue weighted by Gasteiger charge is -2.32. The molecular weight excluding hydrogens is 924 g/mol. The Morgan fingerprint density at radius 2 is 1.07 bits per heavy atom. The van der Waals surface area contributed by atoms with E-state index < -0.39 is 23.3 Å². The number of morpholine rings is 2. The van der Waals surface area contributed by atoms with E-state index >= 15 is 4.39 Å². The Balaban J connectivity index is 0.000000185. The van der Waals surface area contributed by atoms with Crippen molar-refractivity contribution < 1.29 is 27.0 Å². The van der Waals surface area contributed by atoms with Crippen molar-refractivity contribution in [3.8, 4) is 22.5 Å². The lowest BCUT2D eigenvalue weighted by molar-refractivity contribution is 0.122. The third-order valence-corrected chi connectivity index (χ3v) is 13.6. The van der Waals surface area contributed by atoms with Gasteiger partial charge in [-0.05, 0) is 55.3 Å². The Kier molecular flexibility index (Phi) is 14.1. The van der Waals surface area contributed by atoms with E-state index in [0.29, 0.717) is 62.2 Å². The van der Waals surface area contributed by atoms with Gasteiger partial charge in [0, 0.05) is 126 Å². The maximum atomic E-state index is 15.6. The average molecular weight is 978 g/mol. The van der Waals surface area contributed by atoms with E-state index in [1.54, 1.807) is 19.3 Å². The summed E-state index contributed by atoms with van der Waals surface area (Å²) in [4.78, 5) is 32.1. The highest BCUT2D eigenvalue weighted by atomic mass is 35.5. The Morgan fingerprint density at radius 1 is 0.571 bits per heavy atom. The summed E-state index contributed by atoms with van der Waals surface area (Å²) in [6, 6.07) is 14.0. The van der Waals surface area contributed by atoms with Crippen molar-refractivity contribution >= 4 is 67.9 Å². The number of ether oxygens (including phenoxy) is 2. The predicted molar refractivity (Wildman–Crippen MR) is 268 cm³/mol. The second-order valence-corrected chi connectivity index (χ2v) is 18.0. The van der Waals surface area contributed by atoms with Crippen molar-refractivity contribution in [2.24, 2.45) is 0 Å². The standard InChI is InChI=1S/C32H36F2N8O2.C19H17ClF2N4/c1-21-30(22-2-3-36-28(16-22)41-6-4-35-5-7-41)38-26-18-23(33)17-25(34)29(26)31(21)39-27-19-24(40-8-12-43-13-9-40)20-37-32(27)42-10-14-44-15-11-42;1-11-18(20)17-14(22)9-13(21)10-15(17)25-19(11)12-2-3-24-16(8-12)26-6-4-23-5-7-26/h2-3,16-20,35H,4-15H2,1H3,(H,38,39);2-3,8-10,23H,4-7H2,1H3. The largest absolute Gasteiger partial charge is 0.378 e. The van der Waals surface area contributed by atoms with Gasteiger partial charge in [-0.15, -0.1) is 0 Å². The van der Waals surface area contributed by atoms with E-state index in [9.17, 15) is 13.2 Å². The van der Waals surface area contributed by atoms with E-state index in [2.05, 4.69) is 56.6 Å². The van der Waals surface area contributed by atoms with Gasteiger partial charge in [0.1, 0.15) is 34.9 Å². The summed E-state index contributed by atoms with van der Waals surface area (Å²) in [6.07, 6.45) is 5.37. The molecule has 70 heavy (non-hydrogen) atoms. The van der Waals surface area contributed by atoms with E-state index in [1.165, 1.54) is 12.1 Å². The molecular formula is C51H53ClF4N12O2. The summed E-state index contributed by atoms with van der Waals surface area (Å²) >= 11 is 6.39. The van der Waals surface area contributed by atoms with Gasteiger partial charge in [-0.3, -0.25) is 0 Å². The fourth-order valence-electron chi connectivity index (χ4n) is 9.45. The van der Waals surface area contributed by atoms with Gasteiger partial charge in [0.2, 0.25) is 0 Å². The molecule has 4 saturated heterocycles. The van der Waals surface area contributed by atoms with Crippen LogP contribution in [0, 0.1) is 37.1 Å². The zero-order valence-electron chi connectivity index (χ0n) is 39.0. The number of hydrogen-bond acceptors (Lipinski definition) is 14. The quantitative estimate of drug-likeness (QED) is 0.127. The van der Waals surface area contributed by atoms with Crippen molar-refractivity contribution in [1.82, 2.24) is 35.6 Å². The molecule has 0 unspecified atom stereocenters. The van der Waals surface area contributed by atoms with Gasteiger partial charge in [0.25, 0.3) is 0 Å². The van der Waals surface area contributed by atoms with Crippen LogP contribution >= 0.6 is 11.6 Å². The van der Waals surface area contributed by atoms with Gasteiger partial charge < -0.3 is 45.0 Å². The molecule has 0 atom stereocenters. The number of hydrogen-bond donors (Lipinski definition) is 3. The number of halogens is 5. The van der Waals surface area contributed by atoms with Crippen LogP contribution in [0.4, 0.5) is 52.1 Å². The monoisotopic (exact) mass is 976 g/mol. The first kappa shape index (κ1) is 47.2. The minimum atomic E-state index is -0.705. The zero-order valence-corrected chi connectivity index (χ0v) is 39.7. The van der Waals surface area contributed by atoms with E-state index in [1.807, 2.05) is 37.4 Å². The molecule has 7 aromatic rings. The van der Waals surface area contributed by atoms with Crippen LogP contribution in [0.5, 0.6) is 0 Å². The Bertz CT molecular complexity index is 3040. The third kappa shape index (κ3) is 9.96. The van der Waals surface area contributed by atoms with Crippen molar-refractivity contribution in [1.29, 1.82) is 0 Å². The highest BCUT2D eigenvalue weighted by Crippen LogP contribution is 2.41. The number of piperazine rings is 2. The lowest BCUT2D eigenvalue weighted by atomic mass is 10.0. The number of fused-ring (bicyclic) bond motifs is 2. The first-order chi connectivity index (χ1) is 34.1. The third-order valence-electron chi connectivity index (χ3n) is 13.1. The summed E-state index contributed by atoms with van der Waals surface area (Å²) in [5.74, 6) is -0.277. The molecule has 0 radical (unpaired) electrons. The van der Waals surface area contributed by atoms with Gasteiger partial charge in [-0.25, -0.2) is 42.5 Å². The molecule has 11 rings (SSSR count). The number of rotatable bonds is 8. The molecule has 0 bridgehead atoms. The molecule has 0 spiro atoms. The number of benzene rings is 2. The Hall–Kier alpha value is -6.44. The Labute approximate surface area is 408 Å². The number of nitrogens with zero attached hydrogens (tertiary/aromatic N) is 9. The fourth-order valence-corrected chi connectivity index (χ4v) is 9.72. The van der Waals surface area contributed by atoms with Crippen LogP contribution in [-0.2, 0) is 9.47 Å². The molecule has 4 aliphatic rings. The van der Waals surface area contributed by atoms with Crippen LogP contribution < -0.4 is 35.6 Å². The molecule has 4 fully saturated rings. The molecule has 14 nitrogen and oxygen atoms in total. The summed E-state index contributed by atoms with van der Waals surface area (Å²) in [5.41, 5.74) is 6.92. The molecule has 2 aromatic carbocycles. The zero-order chi connectivity index (χ0) is 48.3. The molecule has 19 heteroatoms. The fraction of sp³-hybridized carbons (Fsp3) is 0.353. The van der Waals surface area contributed by atoms with Gasteiger partial charge in [-0.1, -0.05) is 11.6 Å². The van der Waals surface area contributed by atoms with E-state index in [0.717, 1.165) is 123 Å². The minimum Gasteiger partial charge on any atom is -0.378 e. The first-order valence-corrected chi connectivity index (χ1v) is 24.0.